The molecule has 0 bridgehead atoms. The molecule has 0 aliphatic carbocycles. The van der Waals surface area contributed by atoms with Gasteiger partial charge in [0.15, 0.2) is 0 Å². The molecule has 0 amide bonds. The predicted octanol–water partition coefficient (Wildman–Crippen LogP) is 11.5. The van der Waals surface area contributed by atoms with Gasteiger partial charge in [0.1, 0.15) is 0 Å². The third-order valence-electron chi connectivity index (χ3n) is 8.61. The molecule has 0 radical (unpaired) electrons. The van der Waals surface area contributed by atoms with Gasteiger partial charge in [-0.2, -0.15) is 0 Å². The lowest BCUT2D eigenvalue weighted by Crippen LogP contribution is -1.94. The minimum atomic E-state index is 1.01. The zero-order chi connectivity index (χ0) is 29.7. The van der Waals surface area contributed by atoms with E-state index in [9.17, 15) is 0 Å². The lowest BCUT2D eigenvalue weighted by atomic mass is 9.93. The van der Waals surface area contributed by atoms with Crippen LogP contribution < -0.4 is 0 Å². The quantitative estimate of drug-likeness (QED) is 0.194. The summed E-state index contributed by atoms with van der Waals surface area (Å²) < 4.78 is 2.43. The van der Waals surface area contributed by atoms with Gasteiger partial charge in [0, 0.05) is 38.3 Å². The SMILES string of the molecule is c1ccc(-n2c3cc(-c4cccc(-c5cscn5)c4)ccc3c3c4ccccc4c(-c4cccc(-c5cscn5)c4)cc32)cc1. The third-order valence-corrected chi connectivity index (χ3v) is 9.79. The monoisotopic (exact) mass is 611 g/mol. The first-order chi connectivity index (χ1) is 22.3. The van der Waals surface area contributed by atoms with Crippen LogP contribution >= 0.6 is 22.7 Å². The molecule has 0 aliphatic rings. The van der Waals surface area contributed by atoms with Crippen molar-refractivity contribution in [3.05, 3.63) is 149 Å². The molecule has 45 heavy (non-hydrogen) atoms. The Kier molecular flexibility index (Phi) is 6.18. The van der Waals surface area contributed by atoms with E-state index < -0.39 is 0 Å². The van der Waals surface area contributed by atoms with Crippen LogP contribution in [0.15, 0.2) is 149 Å². The van der Waals surface area contributed by atoms with Gasteiger partial charge in [0.05, 0.1) is 33.4 Å². The third kappa shape index (κ3) is 4.40. The van der Waals surface area contributed by atoms with Gasteiger partial charge in [-0.3, -0.25) is 0 Å². The topological polar surface area (TPSA) is 30.7 Å². The van der Waals surface area contributed by atoms with Crippen molar-refractivity contribution in [3.8, 4) is 50.5 Å². The van der Waals surface area contributed by atoms with Crippen LogP contribution in [0.4, 0.5) is 0 Å². The van der Waals surface area contributed by atoms with Crippen molar-refractivity contribution in [2.45, 2.75) is 0 Å². The Balaban J connectivity index is 1.34. The molecular formula is C40H25N3S2. The van der Waals surface area contributed by atoms with Crippen LogP contribution in [0.25, 0.3) is 83.0 Å². The summed E-state index contributed by atoms with van der Waals surface area (Å²) in [6.07, 6.45) is 0. The number of hydrogen-bond acceptors (Lipinski definition) is 4. The summed E-state index contributed by atoms with van der Waals surface area (Å²) in [7, 11) is 0. The number of fused-ring (bicyclic) bond motifs is 5. The second-order valence-electron chi connectivity index (χ2n) is 11.2. The fourth-order valence-electron chi connectivity index (χ4n) is 6.57. The Labute approximate surface area is 268 Å². The number of nitrogens with zero attached hydrogens (tertiary/aromatic N) is 3. The van der Waals surface area contributed by atoms with Crippen molar-refractivity contribution in [2.24, 2.45) is 0 Å². The van der Waals surface area contributed by atoms with E-state index in [1.807, 2.05) is 11.0 Å². The molecule has 9 aromatic rings. The van der Waals surface area contributed by atoms with Crippen LogP contribution in [0.3, 0.4) is 0 Å². The largest absolute Gasteiger partial charge is 0.309 e. The minimum Gasteiger partial charge on any atom is -0.309 e. The van der Waals surface area contributed by atoms with Crippen LogP contribution in [-0.2, 0) is 0 Å². The summed E-state index contributed by atoms with van der Waals surface area (Å²) in [5.41, 5.74) is 16.3. The van der Waals surface area contributed by atoms with Crippen molar-refractivity contribution in [1.29, 1.82) is 0 Å². The first kappa shape index (κ1) is 26.1. The Morgan fingerprint density at radius 3 is 1.78 bits per heavy atom. The average molecular weight is 612 g/mol. The normalized spacial score (nSPS) is 11.6. The summed E-state index contributed by atoms with van der Waals surface area (Å²) in [5, 5.41) is 9.22. The van der Waals surface area contributed by atoms with Gasteiger partial charge >= 0.3 is 0 Å². The molecule has 3 nitrogen and oxygen atoms in total. The van der Waals surface area contributed by atoms with Gasteiger partial charge < -0.3 is 4.57 Å². The molecule has 0 N–H and O–H groups in total. The summed E-state index contributed by atoms with van der Waals surface area (Å²) in [5.74, 6) is 0. The number of aromatic nitrogens is 3. The van der Waals surface area contributed by atoms with Gasteiger partial charge in [-0.05, 0) is 69.4 Å². The maximum absolute atomic E-state index is 4.58. The molecule has 6 aromatic carbocycles. The Bertz CT molecular complexity index is 2470. The number of benzene rings is 6. The Morgan fingerprint density at radius 1 is 0.444 bits per heavy atom. The molecule has 0 unspecified atom stereocenters. The van der Waals surface area contributed by atoms with Crippen molar-refractivity contribution in [2.75, 3.05) is 0 Å². The maximum Gasteiger partial charge on any atom is 0.0811 e. The van der Waals surface area contributed by atoms with E-state index >= 15 is 0 Å². The van der Waals surface area contributed by atoms with Gasteiger partial charge in [-0.15, -0.1) is 22.7 Å². The van der Waals surface area contributed by atoms with Gasteiger partial charge in [0.25, 0.3) is 0 Å². The number of thiazole rings is 2. The number of para-hydroxylation sites is 1. The van der Waals surface area contributed by atoms with Crippen molar-refractivity contribution in [3.63, 3.8) is 0 Å². The van der Waals surface area contributed by atoms with Crippen molar-refractivity contribution >= 4 is 55.3 Å². The molecule has 0 saturated heterocycles. The first-order valence-electron chi connectivity index (χ1n) is 14.9. The Morgan fingerprint density at radius 2 is 1.07 bits per heavy atom. The zero-order valence-corrected chi connectivity index (χ0v) is 25.7. The fourth-order valence-corrected chi connectivity index (χ4v) is 7.69. The molecule has 0 saturated carbocycles. The second kappa shape index (κ2) is 10.7. The zero-order valence-electron chi connectivity index (χ0n) is 24.1. The van der Waals surface area contributed by atoms with Crippen molar-refractivity contribution < 1.29 is 0 Å². The smallest absolute Gasteiger partial charge is 0.0811 e. The van der Waals surface area contributed by atoms with E-state index in [4.69, 9.17) is 0 Å². The highest BCUT2D eigenvalue weighted by molar-refractivity contribution is 7.08. The lowest BCUT2D eigenvalue weighted by Gasteiger charge is -2.13. The van der Waals surface area contributed by atoms with Crippen LogP contribution in [0.1, 0.15) is 0 Å². The summed E-state index contributed by atoms with van der Waals surface area (Å²) in [6, 6.07) is 46.3. The summed E-state index contributed by atoms with van der Waals surface area (Å²) in [4.78, 5) is 9.13. The average Bonchev–Trinajstić information content (AvgIpc) is 3.90. The van der Waals surface area contributed by atoms with E-state index in [2.05, 4.69) is 153 Å². The highest BCUT2D eigenvalue weighted by atomic mass is 32.1. The molecule has 212 valence electrons. The fraction of sp³-hybridized carbons (Fsp3) is 0. The molecule has 0 spiro atoms. The molecule has 3 heterocycles. The molecule has 3 aromatic heterocycles. The van der Waals surface area contributed by atoms with Gasteiger partial charge in [-0.25, -0.2) is 9.97 Å². The maximum atomic E-state index is 4.58. The summed E-state index contributed by atoms with van der Waals surface area (Å²) in [6.45, 7) is 0. The molecular weight excluding hydrogens is 587 g/mol. The highest BCUT2D eigenvalue weighted by Crippen LogP contribution is 2.43. The van der Waals surface area contributed by atoms with Crippen LogP contribution in [0.5, 0.6) is 0 Å². The molecule has 0 atom stereocenters. The standard InChI is InChI=1S/C40H25N3S2/c1-2-12-31(13-3-1)43-38-20-27(26-8-6-10-29(18-26)36-22-44-24-41-36)16-17-34(38)40-33-15-5-4-14-32(33)35(21-39(40)43)28-9-7-11-30(19-28)37-23-45-25-42-37/h1-25H. The molecule has 0 aliphatic heterocycles. The molecule has 0 fully saturated rings. The van der Waals surface area contributed by atoms with Crippen molar-refractivity contribution in [1.82, 2.24) is 14.5 Å². The number of hydrogen-bond donors (Lipinski definition) is 0. The van der Waals surface area contributed by atoms with E-state index in [1.165, 1.54) is 54.8 Å². The van der Waals surface area contributed by atoms with E-state index in [0.717, 1.165) is 28.2 Å². The van der Waals surface area contributed by atoms with Gasteiger partial charge in [-0.1, -0.05) is 91.0 Å². The second-order valence-corrected chi connectivity index (χ2v) is 12.6. The minimum absolute atomic E-state index is 1.01. The van der Waals surface area contributed by atoms with E-state index in [1.54, 1.807) is 22.7 Å². The first-order valence-corrected chi connectivity index (χ1v) is 16.7. The Hall–Kier alpha value is -5.36. The van der Waals surface area contributed by atoms with Gasteiger partial charge in [0.2, 0.25) is 0 Å². The van der Waals surface area contributed by atoms with Crippen LogP contribution in [0.2, 0.25) is 0 Å². The number of rotatable bonds is 5. The molecule has 9 rings (SSSR count). The van der Waals surface area contributed by atoms with Crippen LogP contribution in [0, 0.1) is 0 Å². The predicted molar refractivity (Wildman–Crippen MR) is 191 cm³/mol. The van der Waals surface area contributed by atoms with Crippen LogP contribution in [-0.4, -0.2) is 14.5 Å². The summed E-state index contributed by atoms with van der Waals surface area (Å²) >= 11 is 3.25. The highest BCUT2D eigenvalue weighted by Gasteiger charge is 2.19. The van der Waals surface area contributed by atoms with E-state index in [0.29, 0.717) is 0 Å². The molecule has 5 heteroatoms. The van der Waals surface area contributed by atoms with E-state index in [-0.39, 0.29) is 0 Å². The lowest BCUT2D eigenvalue weighted by molar-refractivity contribution is 1.18.